The fourth-order valence-corrected chi connectivity index (χ4v) is 1.53. The molecule has 1 N–H and O–H groups in total. The van der Waals surface area contributed by atoms with E-state index in [9.17, 15) is 0 Å². The second kappa shape index (κ2) is 3.97. The van der Waals surface area contributed by atoms with Crippen molar-refractivity contribution in [3.05, 3.63) is 23.0 Å². The van der Waals surface area contributed by atoms with Crippen LogP contribution in [0.2, 0.25) is 0 Å². The fourth-order valence-electron chi connectivity index (χ4n) is 0.985. The van der Waals surface area contributed by atoms with E-state index in [4.69, 9.17) is 23.2 Å². The topological polar surface area (TPSA) is 24.4 Å². The monoisotopic (exact) mass is 204 g/mol. The van der Waals surface area contributed by atoms with Crippen molar-refractivity contribution in [1.82, 2.24) is 5.32 Å². The molecule has 0 fully saturated rings. The van der Waals surface area contributed by atoms with Gasteiger partial charge in [0.2, 0.25) is 5.29 Å². The van der Waals surface area contributed by atoms with Crippen LogP contribution >= 0.6 is 23.2 Å². The van der Waals surface area contributed by atoms with Crippen LogP contribution in [0.5, 0.6) is 0 Å². The van der Waals surface area contributed by atoms with Gasteiger partial charge in [-0.3, -0.25) is 0 Å². The molecule has 66 valence electrons. The molecule has 2 nitrogen and oxygen atoms in total. The smallest absolute Gasteiger partial charge is 0.201 e. The van der Waals surface area contributed by atoms with Gasteiger partial charge < -0.3 is 5.32 Å². The first kappa shape index (κ1) is 9.62. The van der Waals surface area contributed by atoms with Crippen molar-refractivity contribution in [3.8, 4) is 0 Å². The van der Waals surface area contributed by atoms with Gasteiger partial charge in [0.25, 0.3) is 0 Å². The molecule has 0 amide bonds. The van der Waals surface area contributed by atoms with E-state index in [-0.39, 0.29) is 5.29 Å². The number of nitrogens with one attached hydrogen (secondary N) is 1. The molecule has 1 aliphatic heterocycles. The lowest BCUT2D eigenvalue weighted by Crippen LogP contribution is -2.15. The molecule has 0 saturated heterocycles. The number of allylic oxidation sites excluding steroid dienone is 1. The highest BCUT2D eigenvalue weighted by Crippen LogP contribution is 2.23. The fraction of sp³-hybridized carbons (Fsp3) is 0.375. The van der Waals surface area contributed by atoms with Gasteiger partial charge in [-0.05, 0) is 23.6 Å². The summed E-state index contributed by atoms with van der Waals surface area (Å²) in [5, 5.41) is 3.60. The van der Waals surface area contributed by atoms with E-state index in [0.717, 1.165) is 24.1 Å². The largest absolute Gasteiger partial charge is 0.334 e. The SMILES string of the molecule is C=C1CC(CC)=C(Cl)N=C(Cl)N1. The normalized spacial score (nSPS) is 18.6. The number of nitrogens with zero attached hydrogens (tertiary/aromatic N) is 1. The van der Waals surface area contributed by atoms with E-state index in [0.29, 0.717) is 5.16 Å². The summed E-state index contributed by atoms with van der Waals surface area (Å²) < 4.78 is 0. The average molecular weight is 205 g/mol. The minimum Gasteiger partial charge on any atom is -0.334 e. The Morgan fingerprint density at radius 3 is 2.83 bits per heavy atom. The summed E-state index contributed by atoms with van der Waals surface area (Å²) in [4.78, 5) is 3.93. The molecular formula is C8H10Cl2N2. The number of rotatable bonds is 1. The van der Waals surface area contributed by atoms with Gasteiger partial charge in [-0.2, -0.15) is 0 Å². The minimum absolute atomic E-state index is 0.286. The second-order valence-electron chi connectivity index (χ2n) is 2.56. The molecule has 0 radical (unpaired) electrons. The maximum atomic E-state index is 5.87. The van der Waals surface area contributed by atoms with Crippen LogP contribution in [0.3, 0.4) is 0 Å². The first-order chi connectivity index (χ1) is 5.63. The van der Waals surface area contributed by atoms with Crippen LogP contribution in [-0.4, -0.2) is 5.29 Å². The Morgan fingerprint density at radius 2 is 2.25 bits per heavy atom. The maximum Gasteiger partial charge on any atom is 0.201 e. The number of halogens is 2. The van der Waals surface area contributed by atoms with E-state index in [1.165, 1.54) is 0 Å². The summed E-state index contributed by atoms with van der Waals surface area (Å²) in [6, 6.07) is 0. The third kappa shape index (κ3) is 2.26. The first-order valence-corrected chi connectivity index (χ1v) is 4.45. The summed E-state index contributed by atoms with van der Waals surface area (Å²) >= 11 is 11.6. The number of hydrogen-bond acceptors (Lipinski definition) is 2. The molecule has 0 aromatic heterocycles. The van der Waals surface area contributed by atoms with Gasteiger partial charge in [-0.15, -0.1) is 0 Å². The zero-order valence-electron chi connectivity index (χ0n) is 6.82. The third-order valence-corrected chi connectivity index (χ3v) is 2.15. The molecule has 0 spiro atoms. The molecule has 0 aromatic rings. The van der Waals surface area contributed by atoms with Crippen LogP contribution in [0, 0.1) is 0 Å². The van der Waals surface area contributed by atoms with Gasteiger partial charge in [0.15, 0.2) is 0 Å². The maximum absolute atomic E-state index is 5.87. The van der Waals surface area contributed by atoms with Crippen molar-refractivity contribution < 1.29 is 0 Å². The Bertz CT molecular complexity index is 266. The molecule has 0 aromatic carbocycles. The van der Waals surface area contributed by atoms with Crippen LogP contribution in [0.25, 0.3) is 0 Å². The lowest BCUT2D eigenvalue weighted by molar-refractivity contribution is 0.949. The summed E-state index contributed by atoms with van der Waals surface area (Å²) in [6.45, 7) is 5.82. The van der Waals surface area contributed by atoms with E-state index in [1.54, 1.807) is 0 Å². The zero-order valence-corrected chi connectivity index (χ0v) is 8.34. The Balaban J connectivity index is 2.96. The zero-order chi connectivity index (χ0) is 9.14. The van der Waals surface area contributed by atoms with Crippen molar-refractivity contribution in [2.75, 3.05) is 0 Å². The quantitative estimate of drug-likeness (QED) is 0.654. The van der Waals surface area contributed by atoms with E-state index in [2.05, 4.69) is 16.9 Å². The molecular weight excluding hydrogens is 195 g/mol. The van der Waals surface area contributed by atoms with Crippen molar-refractivity contribution in [3.63, 3.8) is 0 Å². The van der Waals surface area contributed by atoms with Crippen LogP contribution < -0.4 is 5.32 Å². The molecule has 1 heterocycles. The molecule has 4 heteroatoms. The van der Waals surface area contributed by atoms with Gasteiger partial charge in [0.05, 0.1) is 0 Å². The second-order valence-corrected chi connectivity index (χ2v) is 3.27. The lowest BCUT2D eigenvalue weighted by Gasteiger charge is -2.04. The van der Waals surface area contributed by atoms with Crippen molar-refractivity contribution in [2.45, 2.75) is 19.8 Å². The molecule has 0 unspecified atom stereocenters. The summed E-state index contributed by atoms with van der Waals surface area (Å²) in [7, 11) is 0. The Kier molecular flexibility index (Phi) is 3.18. The van der Waals surface area contributed by atoms with Gasteiger partial charge >= 0.3 is 0 Å². The van der Waals surface area contributed by atoms with Crippen molar-refractivity contribution in [1.29, 1.82) is 0 Å². The predicted molar refractivity (Wildman–Crippen MR) is 53.4 cm³/mol. The Morgan fingerprint density at radius 1 is 1.58 bits per heavy atom. The van der Waals surface area contributed by atoms with E-state index in [1.807, 2.05) is 6.92 Å². The Labute approximate surface area is 82.0 Å². The molecule has 0 bridgehead atoms. The van der Waals surface area contributed by atoms with Crippen molar-refractivity contribution >= 4 is 28.5 Å². The van der Waals surface area contributed by atoms with E-state index < -0.39 is 0 Å². The lowest BCUT2D eigenvalue weighted by atomic mass is 10.1. The van der Waals surface area contributed by atoms with Crippen LogP contribution in [0.15, 0.2) is 28.0 Å². The number of amidine groups is 1. The van der Waals surface area contributed by atoms with Crippen molar-refractivity contribution in [2.24, 2.45) is 4.99 Å². The minimum atomic E-state index is 0.286. The standard InChI is InChI=1S/C8H10Cl2N2/c1-3-6-4-5(2)11-8(10)12-7(6)9/h2-4H2,1H3,(H,11,12). The predicted octanol–water partition coefficient (Wildman–Crippen LogP) is 2.95. The van der Waals surface area contributed by atoms with Crippen LogP contribution in [0.1, 0.15) is 19.8 Å². The van der Waals surface area contributed by atoms with E-state index >= 15 is 0 Å². The summed E-state index contributed by atoms with van der Waals surface area (Å²) in [6.07, 6.45) is 1.59. The molecule has 12 heavy (non-hydrogen) atoms. The summed E-state index contributed by atoms with van der Waals surface area (Å²) in [5.41, 5.74) is 1.89. The number of hydrogen-bond donors (Lipinski definition) is 1. The molecule has 1 rings (SSSR count). The third-order valence-electron chi connectivity index (χ3n) is 1.62. The molecule has 0 atom stereocenters. The first-order valence-electron chi connectivity index (χ1n) is 3.70. The summed E-state index contributed by atoms with van der Waals surface area (Å²) in [5.74, 6) is 0. The number of aliphatic imine (C=N–C) groups is 1. The highest BCUT2D eigenvalue weighted by Gasteiger charge is 2.10. The van der Waals surface area contributed by atoms with Gasteiger partial charge in [0.1, 0.15) is 5.16 Å². The Hall–Kier alpha value is -0.470. The molecule has 1 aliphatic rings. The van der Waals surface area contributed by atoms with Crippen LogP contribution in [0.4, 0.5) is 0 Å². The van der Waals surface area contributed by atoms with Gasteiger partial charge in [-0.25, -0.2) is 4.99 Å². The molecule has 0 saturated carbocycles. The van der Waals surface area contributed by atoms with Crippen LogP contribution in [-0.2, 0) is 0 Å². The van der Waals surface area contributed by atoms with Gasteiger partial charge in [0, 0.05) is 12.1 Å². The highest BCUT2D eigenvalue weighted by atomic mass is 35.5. The average Bonchev–Trinajstić information content (AvgIpc) is 2.09. The van der Waals surface area contributed by atoms with Gasteiger partial charge in [-0.1, -0.05) is 25.1 Å². The highest BCUT2D eigenvalue weighted by molar-refractivity contribution is 6.65. The molecule has 0 aliphatic carbocycles.